The van der Waals surface area contributed by atoms with Crippen LogP contribution in [0.15, 0.2) is 64.9 Å². The van der Waals surface area contributed by atoms with Crippen molar-refractivity contribution in [3.63, 3.8) is 0 Å². The molecule has 0 saturated carbocycles. The maximum Gasteiger partial charge on any atom is 0.193 e. The van der Waals surface area contributed by atoms with Gasteiger partial charge in [-0.05, 0) is 62.0 Å². The summed E-state index contributed by atoms with van der Waals surface area (Å²) in [5, 5.41) is 7.17. The first-order valence-electron chi connectivity index (χ1n) is 9.72. The topological polar surface area (TPSA) is 59.1 Å². The quantitative estimate of drug-likeness (QED) is 0.458. The third kappa shape index (κ3) is 3.22. The second kappa shape index (κ2) is 7.70. The zero-order valence-electron chi connectivity index (χ0n) is 16.6. The largest absolute Gasteiger partial charge is 0.467 e. The van der Waals surface area contributed by atoms with E-state index in [4.69, 9.17) is 16.6 Å². The Bertz CT molecular complexity index is 1150. The lowest BCUT2D eigenvalue weighted by Crippen LogP contribution is -2.29. The van der Waals surface area contributed by atoms with Gasteiger partial charge in [-0.2, -0.15) is 0 Å². The van der Waals surface area contributed by atoms with Gasteiger partial charge in [0.05, 0.1) is 30.6 Å². The van der Waals surface area contributed by atoms with Crippen molar-refractivity contribution in [1.29, 1.82) is 0 Å². The maximum atomic E-state index is 5.76. The number of nitrogens with zero attached hydrogens (tertiary/aromatic N) is 4. The van der Waals surface area contributed by atoms with Crippen LogP contribution in [-0.4, -0.2) is 24.5 Å². The fourth-order valence-corrected chi connectivity index (χ4v) is 5.25. The molecule has 0 bridgehead atoms. The third-order valence-electron chi connectivity index (χ3n) is 5.50. The second-order valence-electron chi connectivity index (χ2n) is 7.31. The normalized spacial score (nSPS) is 18.7. The van der Waals surface area contributed by atoms with Gasteiger partial charge in [-0.1, -0.05) is 6.07 Å². The Hall–Kier alpha value is -2.97. The standard InChI is InChI=1S/C22H21N5OS2/c1-14-12-17(15(2)27(14)22-24-9-11-30-22)20-19(18-7-3-4-8-23-18)25-21(29)26(20)13-16-6-5-10-28-16/h3-12,19-20H,13H2,1-2H3,(H,25,29)/t19-,20-/m1/s1. The molecular weight excluding hydrogens is 414 g/mol. The Kier molecular flexibility index (Phi) is 4.88. The van der Waals surface area contributed by atoms with E-state index in [2.05, 4.69) is 44.7 Å². The molecule has 5 heterocycles. The molecule has 0 aromatic carbocycles. The molecular formula is C22H21N5OS2. The molecule has 1 aliphatic rings. The van der Waals surface area contributed by atoms with E-state index in [0.717, 1.165) is 28.0 Å². The van der Waals surface area contributed by atoms with Crippen LogP contribution in [-0.2, 0) is 6.54 Å². The molecule has 4 aromatic rings. The zero-order chi connectivity index (χ0) is 20.7. The predicted molar refractivity (Wildman–Crippen MR) is 121 cm³/mol. The van der Waals surface area contributed by atoms with Crippen LogP contribution in [0.5, 0.6) is 0 Å². The van der Waals surface area contributed by atoms with Gasteiger partial charge in [-0.25, -0.2) is 4.98 Å². The lowest BCUT2D eigenvalue weighted by molar-refractivity contribution is 0.286. The first-order chi connectivity index (χ1) is 14.6. The summed E-state index contributed by atoms with van der Waals surface area (Å²) in [7, 11) is 0. The van der Waals surface area contributed by atoms with Gasteiger partial charge in [0.25, 0.3) is 0 Å². The predicted octanol–water partition coefficient (Wildman–Crippen LogP) is 4.71. The summed E-state index contributed by atoms with van der Waals surface area (Å²) in [6, 6.07) is 12.0. The van der Waals surface area contributed by atoms with Crippen molar-refractivity contribution in [2.75, 3.05) is 0 Å². The minimum absolute atomic E-state index is 0.0163. The van der Waals surface area contributed by atoms with Crippen LogP contribution < -0.4 is 5.32 Å². The highest BCUT2D eigenvalue weighted by Gasteiger charge is 2.41. The highest BCUT2D eigenvalue weighted by atomic mass is 32.1. The van der Waals surface area contributed by atoms with Gasteiger partial charge in [0.1, 0.15) is 5.76 Å². The van der Waals surface area contributed by atoms with Crippen molar-refractivity contribution in [2.24, 2.45) is 0 Å². The van der Waals surface area contributed by atoms with Crippen molar-refractivity contribution in [3.05, 3.63) is 88.8 Å². The number of aromatic nitrogens is 3. The second-order valence-corrected chi connectivity index (χ2v) is 8.57. The smallest absolute Gasteiger partial charge is 0.193 e. The van der Waals surface area contributed by atoms with Gasteiger partial charge in [0.15, 0.2) is 10.2 Å². The van der Waals surface area contributed by atoms with Crippen LogP contribution in [0.2, 0.25) is 0 Å². The molecule has 1 aliphatic heterocycles. The molecule has 1 saturated heterocycles. The van der Waals surface area contributed by atoms with Gasteiger partial charge >= 0.3 is 0 Å². The summed E-state index contributed by atoms with van der Waals surface area (Å²) in [6.07, 6.45) is 5.36. The number of nitrogens with one attached hydrogen (secondary N) is 1. The van der Waals surface area contributed by atoms with E-state index >= 15 is 0 Å². The van der Waals surface area contributed by atoms with Crippen molar-refractivity contribution >= 4 is 28.7 Å². The molecule has 0 unspecified atom stereocenters. The lowest BCUT2D eigenvalue weighted by Gasteiger charge is -2.27. The summed E-state index contributed by atoms with van der Waals surface area (Å²) in [6.45, 7) is 4.85. The number of pyridine rings is 1. The maximum absolute atomic E-state index is 5.76. The summed E-state index contributed by atoms with van der Waals surface area (Å²) >= 11 is 7.39. The summed E-state index contributed by atoms with van der Waals surface area (Å²) < 4.78 is 7.84. The van der Waals surface area contributed by atoms with E-state index in [1.807, 2.05) is 48.1 Å². The first-order valence-corrected chi connectivity index (χ1v) is 11.0. The fraction of sp³-hybridized carbons (Fsp3) is 0.227. The fourth-order valence-electron chi connectivity index (χ4n) is 4.19. The van der Waals surface area contributed by atoms with Gasteiger partial charge in [0, 0.05) is 29.2 Å². The van der Waals surface area contributed by atoms with Crippen LogP contribution in [0.4, 0.5) is 0 Å². The number of thiocarbonyl (C=S) groups is 1. The number of hydrogen-bond donors (Lipinski definition) is 1. The average molecular weight is 436 g/mol. The van der Waals surface area contributed by atoms with Gasteiger partial charge < -0.3 is 14.6 Å². The minimum atomic E-state index is -0.0566. The summed E-state index contributed by atoms with van der Waals surface area (Å²) in [4.78, 5) is 11.3. The number of aryl methyl sites for hydroxylation is 1. The molecule has 0 aliphatic carbocycles. The Morgan fingerprint density at radius 2 is 2.07 bits per heavy atom. The van der Waals surface area contributed by atoms with Crippen LogP contribution in [0.1, 0.15) is 40.5 Å². The lowest BCUT2D eigenvalue weighted by atomic mass is 9.96. The molecule has 0 spiro atoms. The van der Waals surface area contributed by atoms with E-state index in [1.54, 1.807) is 17.6 Å². The van der Waals surface area contributed by atoms with E-state index in [1.165, 1.54) is 5.56 Å². The number of rotatable bonds is 5. The van der Waals surface area contributed by atoms with Gasteiger partial charge in [0.2, 0.25) is 0 Å². The van der Waals surface area contributed by atoms with E-state index in [0.29, 0.717) is 11.7 Å². The summed E-state index contributed by atoms with van der Waals surface area (Å²) in [5.74, 6) is 0.875. The molecule has 1 fully saturated rings. The van der Waals surface area contributed by atoms with E-state index in [-0.39, 0.29) is 12.1 Å². The van der Waals surface area contributed by atoms with Crippen molar-refractivity contribution < 1.29 is 4.42 Å². The van der Waals surface area contributed by atoms with Crippen molar-refractivity contribution in [1.82, 2.24) is 24.8 Å². The Morgan fingerprint density at radius 3 is 2.77 bits per heavy atom. The van der Waals surface area contributed by atoms with Crippen LogP contribution >= 0.6 is 23.6 Å². The number of furan rings is 1. The van der Waals surface area contributed by atoms with Gasteiger partial charge in [-0.15, -0.1) is 11.3 Å². The van der Waals surface area contributed by atoms with Crippen LogP contribution in [0.3, 0.4) is 0 Å². The molecule has 8 heteroatoms. The highest BCUT2D eigenvalue weighted by Crippen LogP contribution is 2.42. The van der Waals surface area contributed by atoms with Crippen molar-refractivity contribution in [3.8, 4) is 5.13 Å². The van der Waals surface area contributed by atoms with E-state index in [9.17, 15) is 0 Å². The molecule has 0 amide bonds. The first kappa shape index (κ1) is 19.0. The van der Waals surface area contributed by atoms with Crippen LogP contribution in [0, 0.1) is 13.8 Å². The SMILES string of the molecule is Cc1cc([C@@H]2[C@@H](c3ccccn3)NC(=S)N2Cc2ccco2)c(C)n1-c1nccs1. The molecule has 152 valence electrons. The Balaban J connectivity index is 1.62. The Labute approximate surface area is 184 Å². The molecule has 4 aromatic heterocycles. The van der Waals surface area contributed by atoms with E-state index < -0.39 is 0 Å². The summed E-state index contributed by atoms with van der Waals surface area (Å²) in [5.41, 5.74) is 4.47. The molecule has 6 nitrogen and oxygen atoms in total. The zero-order valence-corrected chi connectivity index (χ0v) is 18.3. The molecule has 0 radical (unpaired) electrons. The molecule has 1 N–H and O–H groups in total. The number of hydrogen-bond acceptors (Lipinski definition) is 5. The molecule has 30 heavy (non-hydrogen) atoms. The molecule has 5 rings (SSSR count). The Morgan fingerprint density at radius 1 is 1.17 bits per heavy atom. The number of thiazole rings is 1. The van der Waals surface area contributed by atoms with Crippen LogP contribution in [0.25, 0.3) is 5.13 Å². The third-order valence-corrected chi connectivity index (χ3v) is 6.61. The average Bonchev–Trinajstić information content (AvgIpc) is 3.53. The minimum Gasteiger partial charge on any atom is -0.467 e. The van der Waals surface area contributed by atoms with Crippen molar-refractivity contribution in [2.45, 2.75) is 32.5 Å². The molecule has 2 atom stereocenters. The monoisotopic (exact) mass is 435 g/mol. The van der Waals surface area contributed by atoms with Gasteiger partial charge in [-0.3, -0.25) is 9.55 Å². The highest BCUT2D eigenvalue weighted by molar-refractivity contribution is 7.80.